The van der Waals surface area contributed by atoms with Crippen molar-refractivity contribution in [1.29, 1.82) is 0 Å². The van der Waals surface area contributed by atoms with E-state index >= 15 is 0 Å². The molecule has 0 aliphatic rings. The maximum Gasteiger partial charge on any atom is 0.347 e. The highest BCUT2D eigenvalue weighted by Crippen LogP contribution is 2.20. The number of aliphatic hydroxyl groups is 1. The van der Waals surface area contributed by atoms with Crippen molar-refractivity contribution in [3.8, 4) is 0 Å². The molecule has 0 saturated carbocycles. The van der Waals surface area contributed by atoms with Gasteiger partial charge in [-0.15, -0.1) is 0 Å². The Labute approximate surface area is 59.4 Å². The summed E-state index contributed by atoms with van der Waals surface area (Å²) in [7, 11) is 0. The molecular formula is C6H12O4. The van der Waals surface area contributed by atoms with Crippen LogP contribution in [-0.4, -0.2) is 22.9 Å². The quantitative estimate of drug-likeness (QED) is 0.449. The largest absolute Gasteiger partial charge is 0.396 e. The normalized spacial score (nSPS) is 11.2. The minimum absolute atomic E-state index is 0.0951. The number of aliphatic hydroxyl groups excluding tert-OH is 1. The average Bonchev–Trinajstić information content (AvgIpc) is 1.86. The van der Waals surface area contributed by atoms with Crippen molar-refractivity contribution in [2.45, 2.75) is 20.3 Å². The van der Waals surface area contributed by atoms with Gasteiger partial charge in [0.15, 0.2) is 0 Å². The molecule has 0 bridgehead atoms. The lowest BCUT2D eigenvalue weighted by Crippen LogP contribution is -2.26. The maximum atomic E-state index is 10.6. The van der Waals surface area contributed by atoms with E-state index in [2.05, 4.69) is 4.89 Å². The Morgan fingerprint density at radius 3 is 2.40 bits per heavy atom. The molecule has 0 aromatic heterocycles. The molecule has 0 unspecified atom stereocenters. The Morgan fingerprint density at radius 1 is 1.60 bits per heavy atom. The van der Waals surface area contributed by atoms with Gasteiger partial charge in [-0.1, -0.05) is 0 Å². The highest BCUT2D eigenvalue weighted by atomic mass is 17.1. The number of hydrogen-bond donors (Lipinski definition) is 2. The highest BCUT2D eigenvalue weighted by Gasteiger charge is 2.28. The van der Waals surface area contributed by atoms with Gasteiger partial charge in [-0.3, -0.25) is 0 Å². The van der Waals surface area contributed by atoms with Crippen LogP contribution >= 0.6 is 0 Å². The van der Waals surface area contributed by atoms with E-state index in [-0.39, 0.29) is 13.0 Å². The lowest BCUT2D eigenvalue weighted by Gasteiger charge is -2.17. The predicted molar refractivity (Wildman–Crippen MR) is 34.2 cm³/mol. The van der Waals surface area contributed by atoms with Crippen LogP contribution in [0.4, 0.5) is 0 Å². The Bertz CT molecular complexity index is 119. The summed E-state index contributed by atoms with van der Waals surface area (Å²) in [5.41, 5.74) is -0.802. The van der Waals surface area contributed by atoms with E-state index in [0.29, 0.717) is 0 Å². The van der Waals surface area contributed by atoms with Crippen molar-refractivity contribution in [3.63, 3.8) is 0 Å². The molecule has 60 valence electrons. The molecule has 2 N–H and O–H groups in total. The second-order valence-electron chi connectivity index (χ2n) is 2.74. The van der Waals surface area contributed by atoms with Crippen LogP contribution in [0, 0.1) is 5.41 Å². The third kappa shape index (κ3) is 2.33. The van der Waals surface area contributed by atoms with E-state index < -0.39 is 11.4 Å². The van der Waals surface area contributed by atoms with E-state index in [1.54, 1.807) is 13.8 Å². The van der Waals surface area contributed by atoms with Crippen molar-refractivity contribution in [3.05, 3.63) is 0 Å². The van der Waals surface area contributed by atoms with Gasteiger partial charge in [0.25, 0.3) is 0 Å². The predicted octanol–water partition coefficient (Wildman–Crippen LogP) is 0.411. The lowest BCUT2D eigenvalue weighted by atomic mass is 9.90. The van der Waals surface area contributed by atoms with Crippen LogP contribution < -0.4 is 0 Å². The van der Waals surface area contributed by atoms with Crippen molar-refractivity contribution in [1.82, 2.24) is 0 Å². The average molecular weight is 148 g/mol. The number of hydrogen-bond acceptors (Lipinski definition) is 4. The fourth-order valence-electron chi connectivity index (χ4n) is 0.505. The molecule has 0 aliphatic carbocycles. The summed E-state index contributed by atoms with van der Waals surface area (Å²) < 4.78 is 0. The zero-order chi connectivity index (χ0) is 8.20. The second kappa shape index (κ2) is 3.53. The van der Waals surface area contributed by atoms with Crippen molar-refractivity contribution in [2.24, 2.45) is 5.41 Å². The summed E-state index contributed by atoms with van der Waals surface area (Å²) in [6, 6.07) is 0. The van der Waals surface area contributed by atoms with Gasteiger partial charge in [0.1, 0.15) is 0 Å². The molecular weight excluding hydrogens is 136 g/mol. The molecule has 0 fully saturated rings. The zero-order valence-electron chi connectivity index (χ0n) is 6.13. The fourth-order valence-corrected chi connectivity index (χ4v) is 0.505. The SMILES string of the molecule is CC(C)(CCO)C(=O)OO. The highest BCUT2D eigenvalue weighted by molar-refractivity contribution is 5.75. The number of rotatable bonds is 3. The van der Waals surface area contributed by atoms with Gasteiger partial charge in [0.05, 0.1) is 5.41 Å². The maximum absolute atomic E-state index is 10.6. The standard InChI is InChI=1S/C6H12O4/c1-6(2,3-4-7)5(8)10-9/h7,9H,3-4H2,1-2H3. The van der Waals surface area contributed by atoms with Crippen LogP contribution in [0.25, 0.3) is 0 Å². The molecule has 10 heavy (non-hydrogen) atoms. The smallest absolute Gasteiger partial charge is 0.347 e. The van der Waals surface area contributed by atoms with Crippen LogP contribution in [-0.2, 0) is 9.68 Å². The molecule has 4 nitrogen and oxygen atoms in total. The molecule has 0 spiro atoms. The summed E-state index contributed by atoms with van der Waals surface area (Å²) in [5.74, 6) is -0.721. The topological polar surface area (TPSA) is 66.8 Å². The summed E-state index contributed by atoms with van der Waals surface area (Å²) in [6.45, 7) is 3.08. The Kier molecular flexibility index (Phi) is 3.32. The summed E-state index contributed by atoms with van der Waals surface area (Å²) in [4.78, 5) is 14.2. The van der Waals surface area contributed by atoms with E-state index in [1.807, 2.05) is 0 Å². The third-order valence-electron chi connectivity index (χ3n) is 1.37. The molecule has 0 amide bonds. The Morgan fingerprint density at radius 2 is 2.10 bits per heavy atom. The third-order valence-corrected chi connectivity index (χ3v) is 1.37. The molecule has 0 rings (SSSR count). The van der Waals surface area contributed by atoms with Gasteiger partial charge >= 0.3 is 5.97 Å². The first kappa shape index (κ1) is 9.39. The monoisotopic (exact) mass is 148 g/mol. The summed E-state index contributed by atoms with van der Waals surface area (Å²) >= 11 is 0. The molecule has 0 aliphatic heterocycles. The van der Waals surface area contributed by atoms with E-state index in [9.17, 15) is 4.79 Å². The van der Waals surface area contributed by atoms with Crippen LogP contribution in [0.2, 0.25) is 0 Å². The molecule has 0 aromatic carbocycles. The van der Waals surface area contributed by atoms with Gasteiger partial charge in [-0.2, -0.15) is 5.26 Å². The summed E-state index contributed by atoms with van der Waals surface area (Å²) in [5, 5.41) is 16.4. The first-order valence-electron chi connectivity index (χ1n) is 3.01. The van der Waals surface area contributed by atoms with Crippen LogP contribution in [0.5, 0.6) is 0 Å². The minimum atomic E-state index is -0.802. The van der Waals surface area contributed by atoms with E-state index in [4.69, 9.17) is 10.4 Å². The zero-order valence-corrected chi connectivity index (χ0v) is 6.13. The molecule has 0 radical (unpaired) electrons. The number of carbonyl (C=O) groups is 1. The molecule has 0 heterocycles. The van der Waals surface area contributed by atoms with Crippen molar-refractivity contribution < 1.29 is 20.0 Å². The lowest BCUT2D eigenvalue weighted by molar-refractivity contribution is -0.244. The van der Waals surface area contributed by atoms with Crippen LogP contribution in [0.1, 0.15) is 20.3 Å². The fraction of sp³-hybridized carbons (Fsp3) is 0.833. The van der Waals surface area contributed by atoms with E-state index in [1.165, 1.54) is 0 Å². The Balaban J connectivity index is 3.96. The second-order valence-corrected chi connectivity index (χ2v) is 2.74. The first-order valence-corrected chi connectivity index (χ1v) is 3.01. The van der Waals surface area contributed by atoms with Gasteiger partial charge in [0.2, 0.25) is 0 Å². The van der Waals surface area contributed by atoms with Crippen molar-refractivity contribution >= 4 is 5.97 Å². The van der Waals surface area contributed by atoms with Gasteiger partial charge < -0.3 is 9.99 Å². The molecule has 0 aromatic rings. The van der Waals surface area contributed by atoms with Gasteiger partial charge in [0, 0.05) is 6.61 Å². The van der Waals surface area contributed by atoms with Crippen molar-refractivity contribution in [2.75, 3.05) is 6.61 Å². The van der Waals surface area contributed by atoms with Crippen LogP contribution in [0.3, 0.4) is 0 Å². The van der Waals surface area contributed by atoms with Gasteiger partial charge in [-0.25, -0.2) is 4.79 Å². The van der Waals surface area contributed by atoms with E-state index in [0.717, 1.165) is 0 Å². The minimum Gasteiger partial charge on any atom is -0.396 e. The molecule has 0 atom stereocenters. The first-order chi connectivity index (χ1) is 4.54. The Hall–Kier alpha value is -0.610. The molecule has 4 heteroatoms. The van der Waals surface area contributed by atoms with Crippen LogP contribution in [0.15, 0.2) is 0 Å². The molecule has 0 saturated heterocycles. The number of carbonyl (C=O) groups excluding carboxylic acids is 1. The summed E-state index contributed by atoms with van der Waals surface area (Å²) in [6.07, 6.45) is 0.284. The van der Waals surface area contributed by atoms with Gasteiger partial charge in [-0.05, 0) is 20.3 Å².